The van der Waals surface area contributed by atoms with Crippen molar-refractivity contribution < 1.29 is 9.53 Å². The second-order valence-corrected chi connectivity index (χ2v) is 3.99. The van der Waals surface area contributed by atoms with Gasteiger partial charge in [0.1, 0.15) is 12.0 Å². The number of carbonyl (C=O) groups excluding carboxylic acids is 1. The lowest BCUT2D eigenvalue weighted by Gasteiger charge is -2.09. The third kappa shape index (κ3) is 3.31. The van der Waals surface area contributed by atoms with Gasteiger partial charge in [-0.15, -0.1) is 0 Å². The molecule has 0 radical (unpaired) electrons. The van der Waals surface area contributed by atoms with Gasteiger partial charge in [-0.2, -0.15) is 0 Å². The summed E-state index contributed by atoms with van der Waals surface area (Å²) in [6.45, 7) is 6.01. The van der Waals surface area contributed by atoms with Gasteiger partial charge >= 0.3 is 0 Å². The molecule has 2 heteroatoms. The van der Waals surface area contributed by atoms with Gasteiger partial charge < -0.3 is 4.74 Å². The van der Waals surface area contributed by atoms with E-state index < -0.39 is 0 Å². The number of ether oxygens (including phenoxy) is 1. The van der Waals surface area contributed by atoms with Crippen LogP contribution in [0, 0.1) is 13.8 Å². The summed E-state index contributed by atoms with van der Waals surface area (Å²) >= 11 is 0. The topological polar surface area (TPSA) is 26.3 Å². The zero-order valence-corrected chi connectivity index (χ0v) is 10.8. The summed E-state index contributed by atoms with van der Waals surface area (Å²) in [6.07, 6.45) is 6.29. The first-order valence-electron chi connectivity index (χ1n) is 5.54. The lowest BCUT2D eigenvalue weighted by Crippen LogP contribution is -1.92. The number of hydrogen-bond donors (Lipinski definition) is 0. The van der Waals surface area contributed by atoms with Gasteiger partial charge in [-0.05, 0) is 55.2 Å². The number of allylic oxidation sites excluding steroid dienone is 3. The van der Waals surface area contributed by atoms with Crippen LogP contribution in [-0.2, 0) is 4.79 Å². The highest BCUT2D eigenvalue weighted by atomic mass is 16.5. The Morgan fingerprint density at radius 2 is 1.94 bits per heavy atom. The summed E-state index contributed by atoms with van der Waals surface area (Å²) in [5.74, 6) is 0.903. The predicted octanol–water partition coefficient (Wildman–Crippen LogP) is 3.47. The number of carbonyl (C=O) groups is 1. The molecule has 0 N–H and O–H groups in total. The molecule has 0 unspecified atom stereocenters. The van der Waals surface area contributed by atoms with Gasteiger partial charge in [0.2, 0.25) is 0 Å². The predicted molar refractivity (Wildman–Crippen MR) is 71.3 cm³/mol. The van der Waals surface area contributed by atoms with E-state index in [9.17, 15) is 4.79 Å². The number of rotatable bonds is 4. The van der Waals surface area contributed by atoms with Crippen LogP contribution >= 0.6 is 0 Å². The van der Waals surface area contributed by atoms with E-state index in [4.69, 9.17) is 4.74 Å². The van der Waals surface area contributed by atoms with E-state index >= 15 is 0 Å². The Labute approximate surface area is 103 Å². The molecule has 90 valence electrons. The first kappa shape index (κ1) is 13.2. The molecule has 17 heavy (non-hydrogen) atoms. The Bertz CT molecular complexity index is 468. The molecule has 1 aromatic rings. The van der Waals surface area contributed by atoms with Gasteiger partial charge in [0, 0.05) is 0 Å². The summed E-state index contributed by atoms with van der Waals surface area (Å²) in [5, 5.41) is 0. The summed E-state index contributed by atoms with van der Waals surface area (Å²) < 4.78 is 5.26. The second-order valence-electron chi connectivity index (χ2n) is 3.99. The first-order chi connectivity index (χ1) is 8.10. The van der Waals surface area contributed by atoms with Gasteiger partial charge in [0.05, 0.1) is 7.11 Å². The Kier molecular flexibility index (Phi) is 4.70. The first-order valence-corrected chi connectivity index (χ1v) is 5.54. The molecule has 1 rings (SSSR count). The summed E-state index contributed by atoms with van der Waals surface area (Å²) in [4.78, 5) is 10.3. The van der Waals surface area contributed by atoms with E-state index in [2.05, 4.69) is 6.92 Å². The molecule has 0 saturated carbocycles. The molecule has 0 amide bonds. The molecule has 0 atom stereocenters. The largest absolute Gasteiger partial charge is 0.496 e. The van der Waals surface area contributed by atoms with Crippen LogP contribution in [0.1, 0.15) is 23.6 Å². The van der Waals surface area contributed by atoms with Crippen LogP contribution in [0.2, 0.25) is 0 Å². The normalized spacial score (nSPS) is 11.9. The monoisotopic (exact) mass is 230 g/mol. The molecule has 0 aromatic heterocycles. The van der Waals surface area contributed by atoms with Crippen LogP contribution in [0.25, 0.3) is 6.08 Å². The fourth-order valence-corrected chi connectivity index (χ4v) is 1.60. The molecule has 0 saturated heterocycles. The number of methoxy groups -OCH3 is 1. The van der Waals surface area contributed by atoms with E-state index in [0.29, 0.717) is 0 Å². The molecule has 2 nitrogen and oxygen atoms in total. The molecular weight excluding hydrogens is 212 g/mol. The second kappa shape index (κ2) is 6.04. The molecule has 0 bridgehead atoms. The number of benzene rings is 1. The van der Waals surface area contributed by atoms with Crippen LogP contribution in [0.5, 0.6) is 5.75 Å². The van der Waals surface area contributed by atoms with Crippen molar-refractivity contribution in [3.8, 4) is 5.75 Å². The van der Waals surface area contributed by atoms with Crippen molar-refractivity contribution >= 4 is 12.4 Å². The van der Waals surface area contributed by atoms with Crippen molar-refractivity contribution in [2.45, 2.75) is 20.8 Å². The highest BCUT2D eigenvalue weighted by Gasteiger charge is 2.03. The quantitative estimate of drug-likeness (QED) is 0.450. The van der Waals surface area contributed by atoms with E-state index in [1.807, 2.05) is 38.1 Å². The zero-order valence-electron chi connectivity index (χ0n) is 10.8. The van der Waals surface area contributed by atoms with E-state index in [-0.39, 0.29) is 0 Å². The van der Waals surface area contributed by atoms with E-state index in [0.717, 1.165) is 28.7 Å². The van der Waals surface area contributed by atoms with Crippen LogP contribution in [0.15, 0.2) is 29.9 Å². The molecule has 0 spiro atoms. The number of aldehydes is 1. The van der Waals surface area contributed by atoms with E-state index in [1.54, 1.807) is 13.2 Å². The lowest BCUT2D eigenvalue weighted by atomic mass is 10.0. The standard InChI is InChI=1S/C15H18O2/c1-11(9-10-16)5-6-14-7-8-15(17-4)13(3)12(14)2/h5-10H,1-4H3. The lowest BCUT2D eigenvalue weighted by molar-refractivity contribution is -0.104. The SMILES string of the molecule is COc1ccc(C=CC(C)=CC=O)c(C)c1C. The summed E-state index contributed by atoms with van der Waals surface area (Å²) in [6, 6.07) is 3.98. The van der Waals surface area contributed by atoms with E-state index in [1.165, 1.54) is 5.56 Å². The maximum atomic E-state index is 10.3. The molecule has 0 aliphatic rings. The van der Waals surface area contributed by atoms with Crippen LogP contribution in [0.4, 0.5) is 0 Å². The maximum absolute atomic E-state index is 10.3. The zero-order chi connectivity index (χ0) is 12.8. The summed E-state index contributed by atoms with van der Waals surface area (Å²) in [5.41, 5.74) is 4.42. The minimum absolute atomic E-state index is 0.797. The van der Waals surface area contributed by atoms with Crippen molar-refractivity contribution in [2.24, 2.45) is 0 Å². The maximum Gasteiger partial charge on any atom is 0.143 e. The van der Waals surface area contributed by atoms with Crippen molar-refractivity contribution in [3.05, 3.63) is 46.5 Å². The van der Waals surface area contributed by atoms with Crippen molar-refractivity contribution in [3.63, 3.8) is 0 Å². The summed E-state index contributed by atoms with van der Waals surface area (Å²) in [7, 11) is 1.67. The van der Waals surface area contributed by atoms with Gasteiger partial charge in [-0.1, -0.05) is 18.2 Å². The third-order valence-electron chi connectivity index (χ3n) is 2.86. The van der Waals surface area contributed by atoms with Gasteiger partial charge in [-0.3, -0.25) is 4.79 Å². The van der Waals surface area contributed by atoms with Crippen molar-refractivity contribution in [1.29, 1.82) is 0 Å². The highest BCUT2D eigenvalue weighted by molar-refractivity contribution is 5.69. The number of hydrogen-bond acceptors (Lipinski definition) is 2. The highest BCUT2D eigenvalue weighted by Crippen LogP contribution is 2.24. The molecule has 1 aromatic carbocycles. The smallest absolute Gasteiger partial charge is 0.143 e. The van der Waals surface area contributed by atoms with Crippen LogP contribution < -0.4 is 4.74 Å². The fourth-order valence-electron chi connectivity index (χ4n) is 1.60. The van der Waals surface area contributed by atoms with Gasteiger partial charge in [0.15, 0.2) is 0 Å². The molecular formula is C15H18O2. The Morgan fingerprint density at radius 1 is 1.24 bits per heavy atom. The Hall–Kier alpha value is -1.83. The van der Waals surface area contributed by atoms with Crippen molar-refractivity contribution in [2.75, 3.05) is 7.11 Å². The van der Waals surface area contributed by atoms with Gasteiger partial charge in [-0.25, -0.2) is 0 Å². The Morgan fingerprint density at radius 3 is 2.53 bits per heavy atom. The average molecular weight is 230 g/mol. The van der Waals surface area contributed by atoms with Crippen LogP contribution in [0.3, 0.4) is 0 Å². The van der Waals surface area contributed by atoms with Crippen LogP contribution in [-0.4, -0.2) is 13.4 Å². The third-order valence-corrected chi connectivity index (χ3v) is 2.86. The minimum Gasteiger partial charge on any atom is -0.496 e. The Balaban J connectivity index is 3.05. The molecule has 0 aliphatic heterocycles. The minimum atomic E-state index is 0.797. The fraction of sp³-hybridized carbons (Fsp3) is 0.267. The molecule has 0 aliphatic carbocycles. The molecule has 0 heterocycles. The van der Waals surface area contributed by atoms with Crippen molar-refractivity contribution in [1.82, 2.24) is 0 Å². The average Bonchev–Trinajstić information content (AvgIpc) is 2.31. The molecule has 0 fully saturated rings. The van der Waals surface area contributed by atoms with Gasteiger partial charge in [0.25, 0.3) is 0 Å².